The molecule has 0 rings (SSSR count). The van der Waals surface area contributed by atoms with Crippen LogP contribution in [0.5, 0.6) is 0 Å². The van der Waals surface area contributed by atoms with Gasteiger partial charge in [0.15, 0.2) is 0 Å². The molecule has 0 radical (unpaired) electrons. The third-order valence-electron chi connectivity index (χ3n) is 3.41. The van der Waals surface area contributed by atoms with Crippen LogP contribution in [0.3, 0.4) is 0 Å². The summed E-state index contributed by atoms with van der Waals surface area (Å²) in [6, 6.07) is 0. The second-order valence-corrected chi connectivity index (χ2v) is 8.45. The van der Waals surface area contributed by atoms with Gasteiger partial charge in [-0.2, -0.15) is 0 Å². The monoisotopic (exact) mass is 880 g/mol. The molecule has 0 aromatic heterocycles. The summed E-state index contributed by atoms with van der Waals surface area (Å²) in [5.74, 6) is 0. The molecular weight excluding hydrogens is 836 g/mol. The molecule has 0 amide bonds. The minimum atomic E-state index is -0.708. The number of hydrogen-bond donors (Lipinski definition) is 0. The molecule has 0 saturated carbocycles. The predicted octanol–water partition coefficient (Wildman–Crippen LogP) is -9.84. The second kappa shape index (κ2) is 31.3. The van der Waals surface area contributed by atoms with Gasteiger partial charge in [0.1, 0.15) is 0 Å². The zero-order valence-corrected chi connectivity index (χ0v) is 47.6. The van der Waals surface area contributed by atoms with Crippen molar-refractivity contribution in [2.24, 2.45) is 0 Å². The predicted molar refractivity (Wildman–Crippen MR) is 97.5 cm³/mol. The maximum Gasteiger partial charge on any atom is 1.00 e. The molecule has 152 valence electrons. The van der Waals surface area contributed by atoms with Crippen LogP contribution in [-0.4, -0.2) is 22.4 Å². The van der Waals surface area contributed by atoms with Crippen molar-refractivity contribution in [2.45, 2.75) is 131 Å². The maximum atomic E-state index is 10.5. The van der Waals surface area contributed by atoms with Crippen molar-refractivity contribution in [3.05, 3.63) is 0 Å². The fourth-order valence-electron chi connectivity index (χ4n) is 0. The smallest absolute Gasteiger partial charge is 0.850 e. The van der Waals surface area contributed by atoms with Gasteiger partial charge in [-0.25, -0.2) is 0 Å². The summed E-state index contributed by atoms with van der Waals surface area (Å²) in [6.07, 6.45) is 2.86. The van der Waals surface area contributed by atoms with Crippen LogP contribution in [0, 0.1) is 0 Å². The fourth-order valence-corrected chi connectivity index (χ4v) is 0. The van der Waals surface area contributed by atoms with E-state index in [1.165, 1.54) is 0 Å². The molecule has 0 atom stereocenters. The van der Waals surface area contributed by atoms with Gasteiger partial charge in [-0.3, -0.25) is 0 Å². The van der Waals surface area contributed by atoms with Crippen LogP contribution >= 0.6 is 0 Å². The molecule has 0 N–H and O–H groups in total. The molecule has 0 aromatic rings. The molecule has 0 aliphatic heterocycles. The van der Waals surface area contributed by atoms with Crippen LogP contribution in [0.15, 0.2) is 0 Å². The summed E-state index contributed by atoms with van der Waals surface area (Å²) in [4.78, 5) is 0. The molecule has 0 spiro atoms. The largest absolute Gasteiger partial charge is 1.00 e. The quantitative estimate of drug-likeness (QED) is 0.281. The van der Waals surface area contributed by atoms with Gasteiger partial charge in [-0.05, 0) is 0 Å². The van der Waals surface area contributed by atoms with Crippen molar-refractivity contribution in [3.8, 4) is 0 Å². The van der Waals surface area contributed by atoms with Crippen LogP contribution in [0.1, 0.15) is 109 Å². The molecule has 28 heavy (non-hydrogen) atoms. The Morgan fingerprint density at radius 1 is 0.357 bits per heavy atom. The molecule has 0 aliphatic carbocycles. The standard InChI is InChI=1S/4C5H11O.4Cs/c4*1-4-5(2,3)6;;;;/h4*4H2,1-3H3;;;;/q4*-1;4*+1. The third kappa shape index (κ3) is 92.5. The molecule has 8 heteroatoms. The van der Waals surface area contributed by atoms with Gasteiger partial charge in [-0.1, -0.05) is 109 Å². The van der Waals surface area contributed by atoms with E-state index in [0.29, 0.717) is 25.7 Å². The van der Waals surface area contributed by atoms with Crippen LogP contribution in [0.4, 0.5) is 0 Å². The zero-order chi connectivity index (χ0) is 20.8. The van der Waals surface area contributed by atoms with Gasteiger partial charge >= 0.3 is 276 Å². The van der Waals surface area contributed by atoms with E-state index in [9.17, 15) is 20.4 Å². The summed E-state index contributed by atoms with van der Waals surface area (Å²) in [7, 11) is 0. The first kappa shape index (κ1) is 56.3. The molecule has 0 bridgehead atoms. The van der Waals surface area contributed by atoms with Crippen LogP contribution in [0.25, 0.3) is 0 Å². The van der Waals surface area contributed by atoms with Crippen molar-refractivity contribution >= 4 is 0 Å². The van der Waals surface area contributed by atoms with E-state index in [-0.39, 0.29) is 276 Å². The van der Waals surface area contributed by atoms with Gasteiger partial charge in [-0.15, -0.1) is 22.4 Å². The Morgan fingerprint density at radius 3 is 0.393 bits per heavy atom. The summed E-state index contributed by atoms with van der Waals surface area (Å²) in [5.41, 5.74) is -2.83. The van der Waals surface area contributed by atoms with Gasteiger partial charge < -0.3 is 20.4 Å². The first-order valence-corrected chi connectivity index (χ1v) is 9.06. The van der Waals surface area contributed by atoms with Gasteiger partial charge in [0, 0.05) is 0 Å². The molecule has 4 nitrogen and oxygen atoms in total. The number of rotatable bonds is 4. The van der Waals surface area contributed by atoms with E-state index in [2.05, 4.69) is 0 Å². The first-order chi connectivity index (χ1) is 10.2. The summed E-state index contributed by atoms with van der Waals surface area (Å²) in [5, 5.41) is 41.9. The SMILES string of the molecule is CCC(C)(C)[O-].CCC(C)(C)[O-].CCC(C)(C)[O-].CCC(C)(C)[O-].[Cs+].[Cs+].[Cs+].[Cs+]. The van der Waals surface area contributed by atoms with Crippen LogP contribution in [0.2, 0.25) is 0 Å². The normalized spacial score (nSPS) is 10.3. The van der Waals surface area contributed by atoms with Gasteiger partial charge in [0.25, 0.3) is 0 Å². The summed E-state index contributed by atoms with van der Waals surface area (Å²) < 4.78 is 0. The van der Waals surface area contributed by atoms with Crippen LogP contribution < -0.4 is 296 Å². The molecule has 0 saturated heterocycles. The summed E-state index contributed by atoms with van der Waals surface area (Å²) >= 11 is 0. The maximum absolute atomic E-state index is 10.5. The minimum absolute atomic E-state index is 0. The van der Waals surface area contributed by atoms with E-state index in [0.717, 1.165) is 0 Å². The molecular formula is C20H44Cs4O4. The van der Waals surface area contributed by atoms with Crippen molar-refractivity contribution in [3.63, 3.8) is 0 Å². The Hall–Kier alpha value is 8.05. The summed E-state index contributed by atoms with van der Waals surface area (Å²) in [6.45, 7) is 21.1. The molecule has 0 heterocycles. The van der Waals surface area contributed by atoms with Gasteiger partial charge in [0.05, 0.1) is 0 Å². The van der Waals surface area contributed by atoms with E-state index in [1.54, 1.807) is 55.4 Å². The van der Waals surface area contributed by atoms with Crippen LogP contribution in [-0.2, 0) is 0 Å². The Bertz CT molecular complexity index is 207. The van der Waals surface area contributed by atoms with E-state index >= 15 is 0 Å². The zero-order valence-electron chi connectivity index (χ0n) is 22.5. The second-order valence-electron chi connectivity index (χ2n) is 8.45. The minimum Gasteiger partial charge on any atom is -0.850 e. The first-order valence-electron chi connectivity index (χ1n) is 9.06. The Labute approximate surface area is 413 Å². The molecule has 0 aromatic carbocycles. The van der Waals surface area contributed by atoms with Gasteiger partial charge in [0.2, 0.25) is 0 Å². The third-order valence-corrected chi connectivity index (χ3v) is 3.41. The van der Waals surface area contributed by atoms with E-state index in [4.69, 9.17) is 0 Å². The van der Waals surface area contributed by atoms with E-state index in [1.807, 2.05) is 27.7 Å². The number of hydrogen-bond acceptors (Lipinski definition) is 4. The fraction of sp³-hybridized carbons (Fsp3) is 1.00. The van der Waals surface area contributed by atoms with Crippen molar-refractivity contribution in [2.75, 3.05) is 0 Å². The average Bonchev–Trinajstić information content (AvgIpc) is 2.37. The Kier molecular flexibility index (Phi) is 62.9. The molecule has 0 fully saturated rings. The Balaban J connectivity index is -0.0000000303. The average molecular weight is 880 g/mol. The van der Waals surface area contributed by atoms with Crippen molar-refractivity contribution in [1.82, 2.24) is 0 Å². The Morgan fingerprint density at radius 2 is 0.393 bits per heavy atom. The topological polar surface area (TPSA) is 92.2 Å². The molecule has 0 aliphatic rings. The van der Waals surface area contributed by atoms with E-state index < -0.39 is 22.4 Å². The molecule has 0 unspecified atom stereocenters. The van der Waals surface area contributed by atoms with Crippen molar-refractivity contribution in [1.29, 1.82) is 0 Å². The van der Waals surface area contributed by atoms with Crippen molar-refractivity contribution < 1.29 is 296 Å².